The van der Waals surface area contributed by atoms with Crippen molar-refractivity contribution in [3.05, 3.63) is 46.3 Å². The molecule has 2 heterocycles. The van der Waals surface area contributed by atoms with Crippen molar-refractivity contribution in [1.82, 2.24) is 4.90 Å². The molecule has 0 radical (unpaired) electrons. The van der Waals surface area contributed by atoms with Crippen LogP contribution < -0.4 is 10.6 Å². The molecular weight excluding hydrogens is 430 g/mol. The van der Waals surface area contributed by atoms with Gasteiger partial charge < -0.3 is 25.4 Å². The number of anilines is 2. The van der Waals surface area contributed by atoms with Gasteiger partial charge in [-0.3, -0.25) is 9.59 Å². The molecule has 3 rings (SSSR count). The van der Waals surface area contributed by atoms with Crippen LogP contribution in [0.4, 0.5) is 10.7 Å². The Kier molecular flexibility index (Phi) is 8.24. The van der Waals surface area contributed by atoms with Crippen LogP contribution in [0.1, 0.15) is 52.3 Å². The minimum atomic E-state index is -0.508. The van der Waals surface area contributed by atoms with Crippen LogP contribution in [0.25, 0.3) is 0 Å². The fraction of sp³-hybridized carbons (Fsp3) is 0.435. The molecule has 1 aromatic heterocycles. The van der Waals surface area contributed by atoms with E-state index in [0.29, 0.717) is 41.3 Å². The zero-order valence-corrected chi connectivity index (χ0v) is 19.2. The van der Waals surface area contributed by atoms with E-state index >= 15 is 0 Å². The Balaban J connectivity index is 1.67. The second-order valence-corrected chi connectivity index (χ2v) is 8.66. The van der Waals surface area contributed by atoms with Gasteiger partial charge in [-0.1, -0.05) is 19.1 Å². The van der Waals surface area contributed by atoms with Gasteiger partial charge in [0.25, 0.3) is 5.91 Å². The first-order valence-electron chi connectivity index (χ1n) is 10.8. The van der Waals surface area contributed by atoms with Crippen LogP contribution in [0.3, 0.4) is 0 Å². The Bertz CT molecular complexity index is 974. The molecule has 1 saturated heterocycles. The van der Waals surface area contributed by atoms with Crippen molar-refractivity contribution in [2.45, 2.75) is 39.2 Å². The predicted octanol–water partition coefficient (Wildman–Crippen LogP) is 3.13. The van der Waals surface area contributed by atoms with Gasteiger partial charge in [0, 0.05) is 23.7 Å². The Morgan fingerprint density at radius 3 is 2.72 bits per heavy atom. The number of benzene rings is 1. The molecule has 2 aromatic rings. The highest BCUT2D eigenvalue weighted by Crippen LogP contribution is 2.29. The second kappa shape index (κ2) is 11.1. The number of hydrogen-bond acceptors (Lipinski definition) is 7. The van der Waals surface area contributed by atoms with E-state index in [9.17, 15) is 19.5 Å². The van der Waals surface area contributed by atoms with E-state index in [1.54, 1.807) is 42.2 Å². The molecule has 1 aromatic carbocycles. The van der Waals surface area contributed by atoms with Crippen molar-refractivity contribution >= 4 is 39.8 Å². The number of para-hydroxylation sites is 1. The average Bonchev–Trinajstić information content (AvgIpc) is 3.20. The number of piperidine rings is 1. The third-order valence-corrected chi connectivity index (χ3v) is 6.36. The molecule has 3 N–H and O–H groups in total. The number of nitrogens with one attached hydrogen (secondary N) is 2. The maximum Gasteiger partial charge on any atom is 0.341 e. The van der Waals surface area contributed by atoms with Crippen molar-refractivity contribution in [2.24, 2.45) is 0 Å². The summed E-state index contributed by atoms with van der Waals surface area (Å²) in [5.41, 5.74) is 1.34. The zero-order valence-electron chi connectivity index (χ0n) is 18.3. The van der Waals surface area contributed by atoms with Gasteiger partial charge in [0.15, 0.2) is 0 Å². The van der Waals surface area contributed by atoms with Crippen molar-refractivity contribution in [1.29, 1.82) is 0 Å². The van der Waals surface area contributed by atoms with Crippen LogP contribution in [0.2, 0.25) is 0 Å². The average molecular weight is 460 g/mol. The molecule has 0 spiro atoms. The molecule has 0 aliphatic carbocycles. The van der Waals surface area contributed by atoms with E-state index in [1.165, 1.54) is 11.3 Å². The lowest BCUT2D eigenvalue weighted by atomic mass is 10.1. The molecule has 1 fully saturated rings. The highest BCUT2D eigenvalue weighted by atomic mass is 32.1. The summed E-state index contributed by atoms with van der Waals surface area (Å²) in [4.78, 5) is 40.3. The lowest BCUT2D eigenvalue weighted by Gasteiger charge is -2.30. The van der Waals surface area contributed by atoms with Crippen LogP contribution in [0, 0.1) is 0 Å². The van der Waals surface area contributed by atoms with E-state index < -0.39 is 12.1 Å². The lowest BCUT2D eigenvalue weighted by molar-refractivity contribution is -0.114. The van der Waals surface area contributed by atoms with Crippen LogP contribution in [-0.2, 0) is 16.0 Å². The highest BCUT2D eigenvalue weighted by Gasteiger charge is 2.25. The number of carbonyl (C=O) groups excluding carboxylic acids is 3. The van der Waals surface area contributed by atoms with E-state index in [1.807, 2.05) is 6.92 Å². The third-order valence-electron chi connectivity index (χ3n) is 5.16. The fourth-order valence-electron chi connectivity index (χ4n) is 3.55. The Morgan fingerprint density at radius 2 is 2.00 bits per heavy atom. The molecule has 172 valence electrons. The first-order chi connectivity index (χ1) is 15.4. The Hall–Kier alpha value is -2.91. The van der Waals surface area contributed by atoms with Gasteiger partial charge in [-0.15, -0.1) is 11.3 Å². The van der Waals surface area contributed by atoms with Gasteiger partial charge >= 0.3 is 5.97 Å². The molecule has 0 bridgehead atoms. The molecule has 32 heavy (non-hydrogen) atoms. The molecule has 1 unspecified atom stereocenters. The van der Waals surface area contributed by atoms with Crippen molar-refractivity contribution in [3.8, 4) is 0 Å². The number of aliphatic hydroxyl groups excluding tert-OH is 1. The van der Waals surface area contributed by atoms with Crippen LogP contribution in [0.5, 0.6) is 0 Å². The van der Waals surface area contributed by atoms with E-state index in [-0.39, 0.29) is 25.0 Å². The van der Waals surface area contributed by atoms with Gasteiger partial charge in [-0.25, -0.2) is 4.79 Å². The van der Waals surface area contributed by atoms with Gasteiger partial charge in [-0.05, 0) is 44.4 Å². The van der Waals surface area contributed by atoms with Gasteiger partial charge in [0.2, 0.25) is 5.91 Å². The molecule has 9 heteroatoms. The number of hydrogen-bond donors (Lipinski definition) is 3. The summed E-state index contributed by atoms with van der Waals surface area (Å²) < 4.78 is 5.09. The first kappa shape index (κ1) is 23.7. The topological polar surface area (TPSA) is 108 Å². The number of aryl methyl sites for hydroxylation is 1. The molecule has 0 saturated carbocycles. The van der Waals surface area contributed by atoms with Crippen molar-refractivity contribution in [3.63, 3.8) is 0 Å². The molecule has 1 atom stereocenters. The predicted molar refractivity (Wildman–Crippen MR) is 124 cm³/mol. The number of amides is 2. The second-order valence-electron chi connectivity index (χ2n) is 7.52. The Morgan fingerprint density at radius 1 is 1.22 bits per heavy atom. The largest absolute Gasteiger partial charge is 0.462 e. The summed E-state index contributed by atoms with van der Waals surface area (Å²) in [6.07, 6.45) is 1.69. The maximum absolute atomic E-state index is 12.9. The highest BCUT2D eigenvalue weighted by molar-refractivity contribution is 7.16. The Labute approximate surface area is 191 Å². The molecule has 1 aliphatic heterocycles. The van der Waals surface area contributed by atoms with E-state index in [0.717, 1.165) is 17.7 Å². The molecular formula is C23H29N3O5S. The number of esters is 1. The van der Waals surface area contributed by atoms with Crippen LogP contribution >= 0.6 is 11.3 Å². The molecule has 8 nitrogen and oxygen atoms in total. The maximum atomic E-state index is 12.9. The van der Waals surface area contributed by atoms with Gasteiger partial charge in [0.05, 0.1) is 30.4 Å². The van der Waals surface area contributed by atoms with Gasteiger partial charge in [-0.2, -0.15) is 0 Å². The monoisotopic (exact) mass is 459 g/mol. The standard InChI is InChI=1S/C23H29N3O5S/c1-3-16-12-18(23(30)31-4-2)21(32-16)25-20(28)13-24-19-10-6-5-9-17(19)22(29)26-11-7-8-15(27)14-26/h5-6,9-10,12,15,24,27H,3-4,7-8,11,13-14H2,1-2H3,(H,25,28). The minimum absolute atomic E-state index is 0.0749. The quantitative estimate of drug-likeness (QED) is 0.524. The smallest absolute Gasteiger partial charge is 0.341 e. The summed E-state index contributed by atoms with van der Waals surface area (Å²) >= 11 is 1.35. The van der Waals surface area contributed by atoms with Crippen molar-refractivity contribution < 1.29 is 24.2 Å². The number of aliphatic hydroxyl groups is 1. The third kappa shape index (κ3) is 5.86. The lowest BCUT2D eigenvalue weighted by Crippen LogP contribution is -2.42. The number of ether oxygens (including phenoxy) is 1. The molecule has 2 amide bonds. The van der Waals surface area contributed by atoms with Crippen molar-refractivity contribution in [2.75, 3.05) is 36.9 Å². The SMILES string of the molecule is CCOC(=O)c1cc(CC)sc1NC(=O)CNc1ccccc1C(=O)N1CCCC(O)C1. The molecule has 1 aliphatic rings. The minimum Gasteiger partial charge on any atom is -0.462 e. The number of nitrogens with zero attached hydrogens (tertiary/aromatic N) is 1. The number of likely N-dealkylation sites (tertiary alicyclic amines) is 1. The van der Waals surface area contributed by atoms with Crippen LogP contribution in [-0.4, -0.2) is 60.1 Å². The summed E-state index contributed by atoms with van der Waals surface area (Å²) in [5, 5.41) is 16.1. The summed E-state index contributed by atoms with van der Waals surface area (Å²) in [7, 11) is 0. The van der Waals surface area contributed by atoms with Crippen LogP contribution in [0.15, 0.2) is 30.3 Å². The number of thiophene rings is 1. The number of β-amino-alcohol motifs (C(OH)–C–C–N with tert-alkyl or cyclic N) is 1. The van der Waals surface area contributed by atoms with E-state index in [2.05, 4.69) is 10.6 Å². The summed E-state index contributed by atoms with van der Waals surface area (Å²) in [6.45, 7) is 4.79. The van der Waals surface area contributed by atoms with E-state index in [4.69, 9.17) is 4.74 Å². The number of rotatable bonds is 8. The summed E-state index contributed by atoms with van der Waals surface area (Å²) in [6, 6.07) is 8.74. The zero-order chi connectivity index (χ0) is 23.1. The normalized spacial score (nSPS) is 15.8. The van der Waals surface area contributed by atoms with Gasteiger partial charge in [0.1, 0.15) is 5.00 Å². The first-order valence-corrected chi connectivity index (χ1v) is 11.6. The number of carbonyl (C=O) groups is 3. The fourth-order valence-corrected chi connectivity index (χ4v) is 4.55. The summed E-state index contributed by atoms with van der Waals surface area (Å²) in [5.74, 6) is -0.982.